The predicted molar refractivity (Wildman–Crippen MR) is 172 cm³/mol. The second kappa shape index (κ2) is 13.4. The molecule has 0 fully saturated rings. The van der Waals surface area contributed by atoms with Crippen molar-refractivity contribution in [3.8, 4) is 28.3 Å². The number of nitrogens with one attached hydrogen (secondary N) is 1. The van der Waals surface area contributed by atoms with Gasteiger partial charge in [-0.25, -0.2) is 19.4 Å². The molecule has 11 heteroatoms. The fraction of sp³-hybridized carbons (Fsp3) is 0.314. The second-order valence-corrected chi connectivity index (χ2v) is 11.4. The number of aromatic nitrogens is 6. The monoisotopic (exact) mass is 620 g/mol. The van der Waals surface area contributed by atoms with Gasteiger partial charge in [-0.2, -0.15) is 0 Å². The minimum atomic E-state index is -0.762. The molecule has 236 valence electrons. The molecule has 0 radical (unpaired) electrons. The normalized spacial score (nSPS) is 15.7. The lowest BCUT2D eigenvalue weighted by Gasteiger charge is -2.31. The zero-order chi connectivity index (χ0) is 32.2. The average molecular weight is 621 g/mol. The number of ether oxygens (including phenoxy) is 2. The van der Waals surface area contributed by atoms with Crippen LogP contribution in [0.1, 0.15) is 79.3 Å². The van der Waals surface area contributed by atoms with Gasteiger partial charge in [0.1, 0.15) is 5.75 Å². The Morgan fingerprint density at radius 2 is 1.67 bits per heavy atom. The van der Waals surface area contributed by atoms with E-state index in [4.69, 9.17) is 9.47 Å². The number of esters is 2. The Hall–Kier alpha value is -5.32. The van der Waals surface area contributed by atoms with Crippen molar-refractivity contribution in [2.75, 3.05) is 6.61 Å². The van der Waals surface area contributed by atoms with E-state index in [-0.39, 0.29) is 18.2 Å². The van der Waals surface area contributed by atoms with Crippen molar-refractivity contribution in [1.29, 1.82) is 0 Å². The Kier molecular flexibility index (Phi) is 8.91. The minimum Gasteiger partial charge on any atom is -0.462 e. The van der Waals surface area contributed by atoms with E-state index in [1.807, 2.05) is 53.2 Å². The van der Waals surface area contributed by atoms with Gasteiger partial charge in [-0.15, -0.1) is 5.10 Å². The number of aromatic amines is 1. The first-order valence-corrected chi connectivity index (χ1v) is 15.7. The van der Waals surface area contributed by atoms with Crippen molar-refractivity contribution >= 4 is 11.9 Å². The van der Waals surface area contributed by atoms with Crippen LogP contribution < -0.4 is 10.3 Å². The number of tetrazole rings is 1. The van der Waals surface area contributed by atoms with E-state index in [0.717, 1.165) is 47.2 Å². The summed E-state index contributed by atoms with van der Waals surface area (Å²) in [5.74, 6) is -0.0492. The van der Waals surface area contributed by atoms with E-state index in [1.54, 1.807) is 35.9 Å². The maximum absolute atomic E-state index is 14.1. The van der Waals surface area contributed by atoms with Gasteiger partial charge < -0.3 is 9.47 Å². The quantitative estimate of drug-likeness (QED) is 0.155. The van der Waals surface area contributed by atoms with Crippen molar-refractivity contribution in [2.45, 2.75) is 65.0 Å². The SMILES string of the molecule is CCCc1c(Cc2ccc(-c3ccccc3-c3nnn[nH]3)cc2)c(=O)n2n1C(C)CCC2C(=O)Oc1ccc(C(=O)OCC)cc1. The molecule has 3 heterocycles. The van der Waals surface area contributed by atoms with Gasteiger partial charge >= 0.3 is 11.9 Å². The van der Waals surface area contributed by atoms with E-state index >= 15 is 0 Å². The van der Waals surface area contributed by atoms with E-state index in [0.29, 0.717) is 35.5 Å². The first kappa shape index (κ1) is 30.7. The van der Waals surface area contributed by atoms with E-state index in [2.05, 4.69) is 34.5 Å². The summed E-state index contributed by atoms with van der Waals surface area (Å²) in [7, 11) is 0. The van der Waals surface area contributed by atoms with Crippen LogP contribution >= 0.6 is 0 Å². The minimum absolute atomic E-state index is 0.0559. The Morgan fingerprint density at radius 1 is 0.935 bits per heavy atom. The third-order valence-electron chi connectivity index (χ3n) is 8.41. The molecule has 0 saturated heterocycles. The third kappa shape index (κ3) is 6.00. The number of benzene rings is 3. The molecule has 1 aliphatic heterocycles. The fourth-order valence-electron chi connectivity index (χ4n) is 6.22. The summed E-state index contributed by atoms with van der Waals surface area (Å²) in [5.41, 5.74) is 5.75. The van der Waals surface area contributed by atoms with Crippen LogP contribution in [-0.4, -0.2) is 48.5 Å². The molecule has 0 amide bonds. The van der Waals surface area contributed by atoms with E-state index in [9.17, 15) is 14.4 Å². The molecule has 46 heavy (non-hydrogen) atoms. The van der Waals surface area contributed by atoms with Crippen molar-refractivity contribution in [1.82, 2.24) is 30.0 Å². The molecular formula is C35H36N6O5. The van der Waals surface area contributed by atoms with Gasteiger partial charge in [0.15, 0.2) is 11.9 Å². The lowest BCUT2D eigenvalue weighted by molar-refractivity contribution is -0.140. The topological polar surface area (TPSA) is 134 Å². The summed E-state index contributed by atoms with van der Waals surface area (Å²) >= 11 is 0. The van der Waals surface area contributed by atoms with Gasteiger partial charge in [-0.05, 0) is 84.5 Å². The number of fused-ring (bicyclic) bond motifs is 1. The Balaban J connectivity index is 1.28. The van der Waals surface area contributed by atoms with Crippen LogP contribution in [0.2, 0.25) is 0 Å². The highest BCUT2D eigenvalue weighted by Gasteiger charge is 2.36. The van der Waals surface area contributed by atoms with Crippen LogP contribution in [0.3, 0.4) is 0 Å². The lowest BCUT2D eigenvalue weighted by atomic mass is 9.96. The standard InChI is InChI=1S/C35H36N6O5/c1-4-8-30-29(21-23-12-14-24(15-13-23)27-9-6-7-10-28(27)32-36-38-39-37-32)33(42)41-31(20-11-22(3)40(30)41)35(44)46-26-18-16-25(17-19-26)34(43)45-5-2/h6-7,9-10,12-19,22,31H,4-5,8,11,20-21H2,1-3H3,(H,36,37,38,39). The zero-order valence-electron chi connectivity index (χ0n) is 26.1. The van der Waals surface area contributed by atoms with Crippen LogP contribution in [0.4, 0.5) is 0 Å². The highest BCUT2D eigenvalue weighted by Crippen LogP contribution is 2.33. The number of hydrogen-bond donors (Lipinski definition) is 1. The molecule has 2 unspecified atom stereocenters. The largest absolute Gasteiger partial charge is 0.462 e. The van der Waals surface area contributed by atoms with Crippen molar-refractivity contribution < 1.29 is 19.1 Å². The molecule has 6 rings (SSSR count). The fourth-order valence-corrected chi connectivity index (χ4v) is 6.22. The highest BCUT2D eigenvalue weighted by atomic mass is 16.5. The lowest BCUT2D eigenvalue weighted by Crippen LogP contribution is -2.39. The zero-order valence-corrected chi connectivity index (χ0v) is 26.1. The molecule has 0 saturated carbocycles. The van der Waals surface area contributed by atoms with E-state index in [1.165, 1.54) is 0 Å². The average Bonchev–Trinajstić information content (AvgIpc) is 3.70. The molecule has 1 N–H and O–H groups in total. The third-order valence-corrected chi connectivity index (χ3v) is 8.41. The molecule has 11 nitrogen and oxygen atoms in total. The van der Waals surface area contributed by atoms with E-state index < -0.39 is 18.0 Å². The molecule has 0 bridgehead atoms. The molecule has 2 aromatic heterocycles. The predicted octanol–water partition coefficient (Wildman–Crippen LogP) is 5.72. The van der Waals surface area contributed by atoms with Gasteiger partial charge in [-0.1, -0.05) is 61.9 Å². The highest BCUT2D eigenvalue weighted by molar-refractivity contribution is 5.89. The van der Waals surface area contributed by atoms with Gasteiger partial charge in [0.2, 0.25) is 0 Å². The van der Waals surface area contributed by atoms with Crippen molar-refractivity contribution in [2.24, 2.45) is 0 Å². The number of carbonyl (C=O) groups excluding carboxylic acids is 2. The van der Waals surface area contributed by atoms with Crippen LogP contribution in [0.25, 0.3) is 22.5 Å². The van der Waals surface area contributed by atoms with Crippen LogP contribution in [0, 0.1) is 0 Å². The summed E-state index contributed by atoms with van der Waals surface area (Å²) in [6, 6.07) is 21.6. The summed E-state index contributed by atoms with van der Waals surface area (Å²) in [6.07, 6.45) is 3.25. The summed E-state index contributed by atoms with van der Waals surface area (Å²) in [4.78, 5) is 39.7. The number of carbonyl (C=O) groups is 2. The van der Waals surface area contributed by atoms with Crippen molar-refractivity contribution in [3.05, 3.63) is 106 Å². The molecular weight excluding hydrogens is 584 g/mol. The Morgan fingerprint density at radius 3 is 2.35 bits per heavy atom. The van der Waals surface area contributed by atoms with Crippen LogP contribution in [0.5, 0.6) is 5.75 Å². The summed E-state index contributed by atoms with van der Waals surface area (Å²) in [6.45, 7) is 6.19. The number of nitrogens with zero attached hydrogens (tertiary/aromatic N) is 5. The van der Waals surface area contributed by atoms with Crippen LogP contribution in [0.15, 0.2) is 77.6 Å². The summed E-state index contributed by atoms with van der Waals surface area (Å²) in [5, 5.41) is 14.3. The molecule has 0 aliphatic carbocycles. The number of rotatable bonds is 10. The number of hydrogen-bond acceptors (Lipinski definition) is 8. The first-order chi connectivity index (χ1) is 22.4. The second-order valence-electron chi connectivity index (χ2n) is 11.4. The molecule has 5 aromatic rings. The summed E-state index contributed by atoms with van der Waals surface area (Å²) < 4.78 is 14.4. The van der Waals surface area contributed by atoms with Gasteiger partial charge in [0, 0.05) is 29.3 Å². The smallest absolute Gasteiger partial charge is 0.338 e. The molecule has 3 aromatic carbocycles. The van der Waals surface area contributed by atoms with Crippen LogP contribution in [-0.2, 0) is 22.4 Å². The number of H-pyrrole nitrogens is 1. The van der Waals surface area contributed by atoms with Gasteiger partial charge in [-0.3, -0.25) is 9.48 Å². The Labute approximate surface area is 266 Å². The Bertz CT molecular complexity index is 1890. The molecule has 2 atom stereocenters. The molecule has 1 aliphatic rings. The molecule has 0 spiro atoms. The maximum Gasteiger partial charge on any atom is 0.338 e. The maximum atomic E-state index is 14.1. The van der Waals surface area contributed by atoms with Crippen molar-refractivity contribution in [3.63, 3.8) is 0 Å². The van der Waals surface area contributed by atoms with Gasteiger partial charge in [0.05, 0.1) is 12.2 Å². The first-order valence-electron chi connectivity index (χ1n) is 15.7. The van der Waals surface area contributed by atoms with Gasteiger partial charge in [0.25, 0.3) is 5.56 Å².